The molecule has 0 radical (unpaired) electrons. The van der Waals surface area contributed by atoms with Crippen molar-refractivity contribution in [3.63, 3.8) is 0 Å². The van der Waals surface area contributed by atoms with Crippen LogP contribution in [0.4, 0.5) is 13.2 Å². The van der Waals surface area contributed by atoms with Crippen molar-refractivity contribution in [3.05, 3.63) is 59.0 Å². The Bertz CT molecular complexity index is 1260. The Morgan fingerprint density at radius 1 is 1.13 bits per heavy atom. The Morgan fingerprint density at radius 3 is 2.71 bits per heavy atom. The normalized spacial score (nSPS) is 20.7. The monoisotopic (exact) mass is 527 g/mol. The van der Waals surface area contributed by atoms with Crippen LogP contribution in [-0.4, -0.2) is 57.4 Å². The van der Waals surface area contributed by atoms with Gasteiger partial charge in [0.2, 0.25) is 0 Å². The SMILES string of the molecule is Cn1cc2c(C(=O)NC3CCC(CCN4CCc5cc(CCC(F)(F)F)cnc5CC4)CC3)cccc2n1. The van der Waals surface area contributed by atoms with Crippen molar-refractivity contribution in [1.82, 2.24) is 25.0 Å². The van der Waals surface area contributed by atoms with E-state index < -0.39 is 12.6 Å². The molecule has 5 rings (SSSR count). The summed E-state index contributed by atoms with van der Waals surface area (Å²) in [7, 11) is 1.86. The smallest absolute Gasteiger partial charge is 0.349 e. The molecule has 2 aliphatic rings. The van der Waals surface area contributed by atoms with Crippen molar-refractivity contribution >= 4 is 16.8 Å². The number of amides is 1. The summed E-state index contributed by atoms with van der Waals surface area (Å²) in [5.41, 5.74) is 4.32. The molecule has 204 valence electrons. The van der Waals surface area contributed by atoms with Crippen LogP contribution in [0.15, 0.2) is 36.7 Å². The highest BCUT2D eigenvalue weighted by molar-refractivity contribution is 6.06. The molecule has 0 spiro atoms. The number of nitrogens with one attached hydrogen (secondary N) is 1. The molecule has 1 aromatic carbocycles. The highest BCUT2D eigenvalue weighted by Crippen LogP contribution is 2.28. The van der Waals surface area contributed by atoms with Gasteiger partial charge in [-0.3, -0.25) is 14.5 Å². The first-order chi connectivity index (χ1) is 18.2. The Kier molecular flexibility index (Phi) is 8.02. The second-order valence-electron chi connectivity index (χ2n) is 10.9. The van der Waals surface area contributed by atoms with Crippen molar-refractivity contribution in [2.45, 2.75) is 70.0 Å². The van der Waals surface area contributed by atoms with Gasteiger partial charge in [0.25, 0.3) is 5.91 Å². The Hall–Kier alpha value is -2.94. The zero-order valence-corrected chi connectivity index (χ0v) is 21.9. The average molecular weight is 528 g/mol. The van der Waals surface area contributed by atoms with Gasteiger partial charge in [-0.25, -0.2) is 0 Å². The molecule has 1 saturated carbocycles. The van der Waals surface area contributed by atoms with Gasteiger partial charge in [0.15, 0.2) is 0 Å². The lowest BCUT2D eigenvalue weighted by molar-refractivity contribution is -0.134. The van der Waals surface area contributed by atoms with Crippen LogP contribution in [0.3, 0.4) is 0 Å². The second-order valence-corrected chi connectivity index (χ2v) is 10.9. The maximum Gasteiger partial charge on any atom is 0.389 e. The van der Waals surface area contributed by atoms with Crippen molar-refractivity contribution in [1.29, 1.82) is 0 Å². The number of aryl methyl sites for hydroxylation is 2. The van der Waals surface area contributed by atoms with Crippen LogP contribution in [-0.2, 0) is 26.3 Å². The molecule has 3 heterocycles. The summed E-state index contributed by atoms with van der Waals surface area (Å²) in [6.07, 6.45) is 5.61. The highest BCUT2D eigenvalue weighted by atomic mass is 19.4. The second kappa shape index (κ2) is 11.4. The largest absolute Gasteiger partial charge is 0.389 e. The van der Waals surface area contributed by atoms with Crippen LogP contribution >= 0.6 is 0 Å². The van der Waals surface area contributed by atoms with Crippen LogP contribution in [0.2, 0.25) is 0 Å². The predicted octanol–water partition coefficient (Wildman–Crippen LogP) is 5.24. The molecule has 1 fully saturated rings. The molecule has 0 atom stereocenters. The van der Waals surface area contributed by atoms with E-state index in [1.165, 1.54) is 0 Å². The minimum atomic E-state index is -4.14. The molecule has 9 heteroatoms. The molecular formula is C29H36F3N5O. The number of halogens is 3. The van der Waals surface area contributed by atoms with Crippen LogP contribution in [0.1, 0.15) is 65.7 Å². The number of carbonyl (C=O) groups excluding carboxylic acids is 1. The minimum Gasteiger partial charge on any atom is -0.349 e. The Labute approximate surface area is 221 Å². The average Bonchev–Trinajstić information content (AvgIpc) is 3.16. The molecule has 1 aliphatic heterocycles. The van der Waals surface area contributed by atoms with Gasteiger partial charge in [0.05, 0.1) is 11.1 Å². The Morgan fingerprint density at radius 2 is 1.92 bits per heavy atom. The maximum atomic E-state index is 13.0. The van der Waals surface area contributed by atoms with Crippen molar-refractivity contribution in [2.24, 2.45) is 13.0 Å². The Balaban J connectivity index is 1.06. The van der Waals surface area contributed by atoms with Gasteiger partial charge in [-0.05, 0) is 80.7 Å². The molecule has 1 amide bonds. The summed E-state index contributed by atoms with van der Waals surface area (Å²) >= 11 is 0. The number of carbonyl (C=O) groups is 1. The number of alkyl halides is 3. The number of hydrogen-bond acceptors (Lipinski definition) is 4. The molecule has 38 heavy (non-hydrogen) atoms. The number of rotatable bonds is 7. The van der Waals surface area contributed by atoms with E-state index in [-0.39, 0.29) is 18.4 Å². The zero-order chi connectivity index (χ0) is 26.7. The number of aromatic nitrogens is 3. The van der Waals surface area contributed by atoms with Crippen molar-refractivity contribution in [3.8, 4) is 0 Å². The highest BCUT2D eigenvalue weighted by Gasteiger charge is 2.27. The third-order valence-corrected chi connectivity index (χ3v) is 8.12. The van der Waals surface area contributed by atoms with E-state index in [1.54, 1.807) is 10.9 Å². The summed E-state index contributed by atoms with van der Waals surface area (Å²) in [5, 5.41) is 8.53. The van der Waals surface area contributed by atoms with Gasteiger partial charge in [-0.15, -0.1) is 0 Å². The molecule has 3 aromatic rings. The summed E-state index contributed by atoms with van der Waals surface area (Å²) in [4.78, 5) is 19.9. The molecule has 0 saturated heterocycles. The topological polar surface area (TPSA) is 63.1 Å². The summed E-state index contributed by atoms with van der Waals surface area (Å²) in [6.45, 7) is 2.88. The van der Waals surface area contributed by atoms with E-state index in [0.29, 0.717) is 17.0 Å². The predicted molar refractivity (Wildman–Crippen MR) is 141 cm³/mol. The first kappa shape index (κ1) is 26.7. The van der Waals surface area contributed by atoms with Gasteiger partial charge in [0, 0.05) is 62.5 Å². The van der Waals surface area contributed by atoms with Crippen LogP contribution in [0, 0.1) is 5.92 Å². The van der Waals surface area contributed by atoms with E-state index in [4.69, 9.17) is 0 Å². The molecule has 1 aliphatic carbocycles. The van der Waals surface area contributed by atoms with E-state index in [1.807, 2.05) is 37.5 Å². The fraction of sp³-hybridized carbons (Fsp3) is 0.552. The van der Waals surface area contributed by atoms with Crippen LogP contribution in [0.5, 0.6) is 0 Å². The maximum absolute atomic E-state index is 13.0. The first-order valence-electron chi connectivity index (χ1n) is 13.7. The van der Waals surface area contributed by atoms with Crippen LogP contribution in [0.25, 0.3) is 10.9 Å². The standard InChI is InChI=1S/C29H36F3N5O/c1-36-19-25-24(3-2-4-27(25)35-36)28(38)34-23-7-5-20(6-8-23)10-14-37-15-11-22-17-21(9-13-29(30,31)32)18-33-26(22)12-16-37/h2-4,17-20,23H,5-16H2,1H3,(H,34,38). The zero-order valence-electron chi connectivity index (χ0n) is 21.9. The summed E-state index contributed by atoms with van der Waals surface area (Å²) < 4.78 is 39.5. The molecular weight excluding hydrogens is 491 g/mol. The van der Waals surface area contributed by atoms with Crippen molar-refractivity contribution in [2.75, 3.05) is 19.6 Å². The number of benzene rings is 1. The van der Waals surface area contributed by atoms with Gasteiger partial charge in [-0.2, -0.15) is 18.3 Å². The molecule has 2 aromatic heterocycles. The van der Waals surface area contributed by atoms with E-state index in [9.17, 15) is 18.0 Å². The first-order valence-corrected chi connectivity index (χ1v) is 13.7. The van der Waals surface area contributed by atoms with E-state index >= 15 is 0 Å². The molecule has 0 bridgehead atoms. The van der Waals surface area contributed by atoms with E-state index in [2.05, 4.69) is 20.3 Å². The van der Waals surface area contributed by atoms with Gasteiger partial charge >= 0.3 is 6.18 Å². The quantitative estimate of drug-likeness (QED) is 0.456. The fourth-order valence-corrected chi connectivity index (χ4v) is 5.91. The lowest BCUT2D eigenvalue weighted by Crippen LogP contribution is -2.38. The van der Waals surface area contributed by atoms with Gasteiger partial charge in [0.1, 0.15) is 0 Å². The fourth-order valence-electron chi connectivity index (χ4n) is 5.91. The number of hydrogen-bond donors (Lipinski definition) is 1. The van der Waals surface area contributed by atoms with Gasteiger partial charge in [-0.1, -0.05) is 12.1 Å². The lowest BCUT2D eigenvalue weighted by Gasteiger charge is -2.30. The summed E-state index contributed by atoms with van der Waals surface area (Å²) in [6, 6.07) is 7.81. The number of fused-ring (bicyclic) bond motifs is 2. The third kappa shape index (κ3) is 6.73. The molecule has 0 unspecified atom stereocenters. The minimum absolute atomic E-state index is 0.00420. The van der Waals surface area contributed by atoms with E-state index in [0.717, 1.165) is 86.7 Å². The van der Waals surface area contributed by atoms with Crippen LogP contribution < -0.4 is 5.32 Å². The molecule has 1 N–H and O–H groups in total. The van der Waals surface area contributed by atoms with Gasteiger partial charge < -0.3 is 10.2 Å². The number of nitrogens with zero attached hydrogens (tertiary/aromatic N) is 4. The lowest BCUT2D eigenvalue weighted by atomic mass is 9.84. The van der Waals surface area contributed by atoms with Crippen molar-refractivity contribution < 1.29 is 18.0 Å². The molecule has 6 nitrogen and oxygen atoms in total. The third-order valence-electron chi connectivity index (χ3n) is 8.12. The number of pyridine rings is 1. The summed E-state index contributed by atoms with van der Waals surface area (Å²) in [5.74, 6) is 0.633.